The lowest BCUT2D eigenvalue weighted by atomic mass is 9.86. The van der Waals surface area contributed by atoms with Crippen LogP contribution in [0.1, 0.15) is 24.9 Å². The molecule has 0 bridgehead atoms. The maximum Gasteiger partial charge on any atom is 0.325 e. The molecule has 1 aromatic carbocycles. The lowest BCUT2D eigenvalue weighted by Gasteiger charge is -2.47. The van der Waals surface area contributed by atoms with Gasteiger partial charge in [-0.3, -0.25) is 10.2 Å². The van der Waals surface area contributed by atoms with Gasteiger partial charge in [-0.15, -0.1) is 0 Å². The molecule has 0 aromatic heterocycles. The highest BCUT2D eigenvalue weighted by Crippen LogP contribution is 2.39. The van der Waals surface area contributed by atoms with Gasteiger partial charge in [0.25, 0.3) is 0 Å². The quantitative estimate of drug-likeness (QED) is 0.584. The third kappa shape index (κ3) is 2.80. The Morgan fingerprint density at radius 3 is 2.67 bits per heavy atom. The molecule has 3 rings (SSSR count). The van der Waals surface area contributed by atoms with Crippen LogP contribution < -0.4 is 5.32 Å². The van der Waals surface area contributed by atoms with Crippen molar-refractivity contribution in [2.45, 2.75) is 43.4 Å². The largest absolute Gasteiger partial charge is 0.394 e. The van der Waals surface area contributed by atoms with E-state index in [1.165, 1.54) is 11.8 Å². The molecule has 0 spiro atoms. The van der Waals surface area contributed by atoms with E-state index in [4.69, 9.17) is 17.0 Å². The summed E-state index contributed by atoms with van der Waals surface area (Å²) in [6.45, 7) is 1.19. The van der Waals surface area contributed by atoms with Gasteiger partial charge in [0.1, 0.15) is 22.9 Å². The summed E-state index contributed by atoms with van der Waals surface area (Å²) < 4.78 is 5.62. The van der Waals surface area contributed by atoms with Crippen LogP contribution in [0.15, 0.2) is 30.3 Å². The van der Waals surface area contributed by atoms with Gasteiger partial charge >= 0.3 is 6.03 Å². The molecular formula is C16H20N2O5S. The zero-order valence-electron chi connectivity index (χ0n) is 13.1. The first kappa shape index (κ1) is 17.2. The summed E-state index contributed by atoms with van der Waals surface area (Å²) in [5, 5.41) is 32.7. The minimum atomic E-state index is -1.50. The minimum absolute atomic E-state index is 0.0369. The van der Waals surface area contributed by atoms with Crippen LogP contribution in [0.4, 0.5) is 4.79 Å². The van der Waals surface area contributed by atoms with E-state index >= 15 is 0 Å². The summed E-state index contributed by atoms with van der Waals surface area (Å²) in [5.41, 5.74) is -0.804. The molecule has 0 aliphatic carbocycles. The first-order valence-corrected chi connectivity index (χ1v) is 8.12. The van der Waals surface area contributed by atoms with Crippen LogP contribution in [0.3, 0.4) is 0 Å². The van der Waals surface area contributed by atoms with Crippen LogP contribution in [-0.2, 0) is 4.74 Å². The van der Waals surface area contributed by atoms with E-state index in [9.17, 15) is 20.1 Å². The van der Waals surface area contributed by atoms with Crippen molar-refractivity contribution in [1.82, 2.24) is 10.2 Å². The van der Waals surface area contributed by atoms with Crippen molar-refractivity contribution in [3.05, 3.63) is 35.9 Å². The van der Waals surface area contributed by atoms with E-state index < -0.39 is 36.1 Å². The number of aliphatic hydroxyl groups is 3. The third-order valence-corrected chi connectivity index (χ3v) is 5.05. The molecule has 2 heterocycles. The molecule has 2 saturated heterocycles. The fourth-order valence-electron chi connectivity index (χ4n) is 3.27. The van der Waals surface area contributed by atoms with Crippen molar-refractivity contribution in [1.29, 1.82) is 0 Å². The van der Waals surface area contributed by atoms with E-state index in [-0.39, 0.29) is 18.0 Å². The number of benzene rings is 1. The van der Waals surface area contributed by atoms with Crippen molar-refractivity contribution in [3.8, 4) is 0 Å². The van der Waals surface area contributed by atoms with Gasteiger partial charge in [-0.05, 0) is 12.5 Å². The highest BCUT2D eigenvalue weighted by molar-refractivity contribution is 7.80. The Bertz CT molecular complexity index is 639. The smallest absolute Gasteiger partial charge is 0.325 e. The number of hydrogen-bond donors (Lipinski definition) is 4. The molecule has 24 heavy (non-hydrogen) atoms. The van der Waals surface area contributed by atoms with Crippen molar-refractivity contribution in [2.75, 3.05) is 6.61 Å². The molecule has 0 saturated carbocycles. The summed E-state index contributed by atoms with van der Waals surface area (Å²) in [4.78, 5) is 13.9. The number of carbonyl (C=O) groups is 1. The SMILES string of the molecule is CC1(O)C(=S)NC(=O)N([C@H]2CC(O)[C@@H](CO)O2)C1c1ccccc1. The second-order valence-corrected chi connectivity index (χ2v) is 6.65. The Kier molecular flexibility index (Phi) is 4.58. The second kappa shape index (κ2) is 6.38. The number of carbonyl (C=O) groups excluding carboxylic acids is 1. The van der Waals surface area contributed by atoms with Crippen LogP contribution in [0, 0.1) is 0 Å². The van der Waals surface area contributed by atoms with E-state index in [2.05, 4.69) is 5.32 Å². The van der Waals surface area contributed by atoms with Crippen molar-refractivity contribution in [2.24, 2.45) is 0 Å². The van der Waals surface area contributed by atoms with Gasteiger partial charge in [0.2, 0.25) is 0 Å². The number of aliphatic hydroxyl groups excluding tert-OH is 2. The predicted molar refractivity (Wildman–Crippen MR) is 89.1 cm³/mol. The Labute approximate surface area is 144 Å². The topological polar surface area (TPSA) is 102 Å². The molecule has 2 aliphatic rings. The van der Waals surface area contributed by atoms with Gasteiger partial charge in [0.15, 0.2) is 0 Å². The lowest BCUT2D eigenvalue weighted by molar-refractivity contribution is -0.0996. The highest BCUT2D eigenvalue weighted by Gasteiger charge is 2.52. The molecular weight excluding hydrogens is 332 g/mol. The fourth-order valence-corrected chi connectivity index (χ4v) is 3.47. The van der Waals surface area contributed by atoms with E-state index in [0.717, 1.165) is 0 Å². The number of thiocarbonyl (C=S) groups is 1. The molecule has 5 atom stereocenters. The molecule has 0 radical (unpaired) electrons. The van der Waals surface area contributed by atoms with Gasteiger partial charge < -0.3 is 20.1 Å². The molecule has 2 amide bonds. The van der Waals surface area contributed by atoms with Crippen LogP contribution in [0.2, 0.25) is 0 Å². The van der Waals surface area contributed by atoms with Crippen molar-refractivity contribution >= 4 is 23.2 Å². The van der Waals surface area contributed by atoms with E-state index in [1.54, 1.807) is 24.3 Å². The van der Waals surface area contributed by atoms with Gasteiger partial charge in [-0.1, -0.05) is 42.5 Å². The normalized spacial score (nSPS) is 36.8. The Morgan fingerprint density at radius 2 is 2.08 bits per heavy atom. The maximum atomic E-state index is 12.6. The molecule has 8 heteroatoms. The molecule has 3 unspecified atom stereocenters. The van der Waals surface area contributed by atoms with Crippen LogP contribution in [-0.4, -0.2) is 61.9 Å². The highest BCUT2D eigenvalue weighted by atomic mass is 32.1. The van der Waals surface area contributed by atoms with Crippen LogP contribution in [0.25, 0.3) is 0 Å². The number of ether oxygens (including phenoxy) is 1. The number of rotatable bonds is 3. The number of nitrogens with zero attached hydrogens (tertiary/aromatic N) is 1. The molecule has 4 N–H and O–H groups in total. The molecule has 2 aliphatic heterocycles. The maximum absolute atomic E-state index is 12.6. The number of amides is 2. The fraction of sp³-hybridized carbons (Fsp3) is 0.500. The monoisotopic (exact) mass is 352 g/mol. The standard InChI is InChI=1S/C16H20N2O5S/c1-16(22)13(9-5-3-2-4-6-9)18(15(21)17-14(16)24)12-7-10(20)11(8-19)23-12/h2-6,10-13,19-20,22H,7-8H2,1H3,(H,17,21,24)/t10?,11-,12-,13?,16?/m1/s1. The molecule has 7 nitrogen and oxygen atoms in total. The van der Waals surface area contributed by atoms with Crippen LogP contribution in [0.5, 0.6) is 0 Å². The van der Waals surface area contributed by atoms with Crippen molar-refractivity contribution in [3.63, 3.8) is 0 Å². The molecule has 130 valence electrons. The van der Waals surface area contributed by atoms with Gasteiger partial charge in [-0.25, -0.2) is 4.79 Å². The Balaban J connectivity index is 2.01. The Hall–Kier alpha value is -1.58. The molecule has 2 fully saturated rings. The zero-order chi connectivity index (χ0) is 17.5. The van der Waals surface area contributed by atoms with E-state index in [0.29, 0.717) is 5.56 Å². The summed E-state index contributed by atoms with van der Waals surface area (Å²) in [6, 6.07) is 7.76. The first-order chi connectivity index (χ1) is 11.4. The zero-order valence-corrected chi connectivity index (χ0v) is 13.9. The van der Waals surface area contributed by atoms with Crippen molar-refractivity contribution < 1.29 is 24.9 Å². The average molecular weight is 352 g/mol. The first-order valence-electron chi connectivity index (χ1n) is 7.71. The average Bonchev–Trinajstić information content (AvgIpc) is 2.92. The number of nitrogens with one attached hydrogen (secondary N) is 1. The van der Waals surface area contributed by atoms with Gasteiger partial charge in [-0.2, -0.15) is 0 Å². The van der Waals surface area contributed by atoms with Crippen LogP contribution >= 0.6 is 12.2 Å². The van der Waals surface area contributed by atoms with E-state index in [1.807, 2.05) is 6.07 Å². The number of urea groups is 1. The summed E-state index contributed by atoms with van der Waals surface area (Å²) in [6.07, 6.45) is -2.29. The predicted octanol–water partition coefficient (Wildman–Crippen LogP) is 0.299. The molecule has 1 aromatic rings. The Morgan fingerprint density at radius 1 is 1.42 bits per heavy atom. The summed E-state index contributed by atoms with van der Waals surface area (Å²) in [5.74, 6) is 0. The minimum Gasteiger partial charge on any atom is -0.394 e. The van der Waals surface area contributed by atoms with Gasteiger partial charge in [0.05, 0.1) is 18.8 Å². The number of hydrogen-bond acceptors (Lipinski definition) is 6. The lowest BCUT2D eigenvalue weighted by Crippen LogP contribution is -2.66. The summed E-state index contributed by atoms with van der Waals surface area (Å²) in [7, 11) is 0. The summed E-state index contributed by atoms with van der Waals surface area (Å²) >= 11 is 5.15. The van der Waals surface area contributed by atoms with Gasteiger partial charge in [0, 0.05) is 6.42 Å². The second-order valence-electron chi connectivity index (χ2n) is 6.24. The third-order valence-electron chi connectivity index (χ3n) is 4.53.